The molecule has 1 amide bonds. The Kier molecular flexibility index (Phi) is 5.74. The van der Waals surface area contributed by atoms with Crippen LogP contribution in [0.4, 0.5) is 0 Å². The van der Waals surface area contributed by atoms with Crippen molar-refractivity contribution in [3.63, 3.8) is 0 Å². The number of thiophene rings is 1. The second-order valence-corrected chi connectivity index (χ2v) is 8.56. The molecule has 0 atom stereocenters. The Morgan fingerprint density at radius 2 is 1.96 bits per heavy atom. The number of carbonyl (C=O) groups is 1. The summed E-state index contributed by atoms with van der Waals surface area (Å²) in [4.78, 5) is 15.2. The first kappa shape index (κ1) is 18.6. The second kappa shape index (κ2) is 8.01. The first-order valence-corrected chi connectivity index (χ1v) is 9.85. The van der Waals surface area contributed by atoms with Gasteiger partial charge in [-0.3, -0.25) is 4.79 Å². The maximum absolute atomic E-state index is 12.4. The zero-order chi connectivity index (χ0) is 18.7. The summed E-state index contributed by atoms with van der Waals surface area (Å²) in [5, 5.41) is 4.65. The Morgan fingerprint density at radius 3 is 2.62 bits per heavy atom. The van der Waals surface area contributed by atoms with Gasteiger partial charge in [-0.15, -0.1) is 11.3 Å². The Hall–Kier alpha value is -2.18. The van der Waals surface area contributed by atoms with Crippen LogP contribution in [-0.4, -0.2) is 27.6 Å². The van der Waals surface area contributed by atoms with Gasteiger partial charge in [-0.05, 0) is 60.1 Å². The quantitative estimate of drug-likeness (QED) is 0.536. The highest BCUT2D eigenvalue weighted by Gasteiger charge is 2.16. The summed E-state index contributed by atoms with van der Waals surface area (Å²) in [5.41, 5.74) is 4.10. The number of carbonyl (C=O) groups excluding carboxylic acids is 1. The lowest BCUT2D eigenvalue weighted by Crippen LogP contribution is -2.24. The molecule has 0 unspecified atom stereocenters. The number of nitrogens with zero attached hydrogens (tertiary/aromatic N) is 3. The van der Waals surface area contributed by atoms with E-state index >= 15 is 0 Å². The van der Waals surface area contributed by atoms with Crippen molar-refractivity contribution in [2.24, 2.45) is 0 Å². The van der Waals surface area contributed by atoms with Crippen LogP contribution in [0.15, 0.2) is 52.3 Å². The van der Waals surface area contributed by atoms with Gasteiger partial charge in [0.15, 0.2) is 0 Å². The maximum atomic E-state index is 12.4. The largest absolute Gasteiger partial charge is 0.338 e. The standard InChI is InChI=1S/C20H20BrN3OS/c1-14-18(15(2)24(22-14)16-7-5-4-6-8-16)13-23(3)20(25)12-10-17-9-11-19(21)26-17/h4-12H,13H2,1-3H3/b12-10+. The minimum atomic E-state index is -0.0271. The van der Waals surface area contributed by atoms with Gasteiger partial charge in [0.2, 0.25) is 5.91 Å². The van der Waals surface area contributed by atoms with Crippen molar-refractivity contribution >= 4 is 39.2 Å². The third kappa shape index (κ3) is 4.14. The van der Waals surface area contributed by atoms with Crippen LogP contribution in [-0.2, 0) is 11.3 Å². The van der Waals surface area contributed by atoms with E-state index in [0.29, 0.717) is 6.54 Å². The molecule has 0 bridgehead atoms. The van der Waals surface area contributed by atoms with E-state index < -0.39 is 0 Å². The van der Waals surface area contributed by atoms with Gasteiger partial charge >= 0.3 is 0 Å². The summed E-state index contributed by atoms with van der Waals surface area (Å²) in [5.74, 6) is -0.0271. The number of benzene rings is 1. The molecule has 0 spiro atoms. The van der Waals surface area contributed by atoms with Crippen molar-refractivity contribution in [3.8, 4) is 5.69 Å². The van der Waals surface area contributed by atoms with E-state index in [2.05, 4.69) is 21.0 Å². The number of halogens is 1. The Labute approximate surface area is 165 Å². The number of aromatic nitrogens is 2. The molecule has 0 fully saturated rings. The van der Waals surface area contributed by atoms with Crippen LogP contribution < -0.4 is 0 Å². The summed E-state index contributed by atoms with van der Waals surface area (Å²) in [6.07, 6.45) is 3.46. The minimum Gasteiger partial charge on any atom is -0.338 e. The lowest BCUT2D eigenvalue weighted by molar-refractivity contribution is -0.125. The molecule has 0 saturated carbocycles. The summed E-state index contributed by atoms with van der Waals surface area (Å²) < 4.78 is 2.99. The first-order chi connectivity index (χ1) is 12.5. The number of aryl methyl sites for hydroxylation is 1. The van der Waals surface area contributed by atoms with E-state index in [9.17, 15) is 4.79 Å². The number of hydrogen-bond donors (Lipinski definition) is 0. The molecule has 0 aliphatic rings. The van der Waals surface area contributed by atoms with Crippen molar-refractivity contribution in [1.82, 2.24) is 14.7 Å². The molecular weight excluding hydrogens is 410 g/mol. The number of rotatable bonds is 5. The average molecular weight is 430 g/mol. The van der Waals surface area contributed by atoms with E-state index in [0.717, 1.165) is 31.3 Å². The molecule has 134 valence electrons. The molecular formula is C20H20BrN3OS. The fourth-order valence-corrected chi connectivity index (χ4v) is 4.06. The summed E-state index contributed by atoms with van der Waals surface area (Å²) in [6, 6.07) is 14.0. The van der Waals surface area contributed by atoms with E-state index in [4.69, 9.17) is 0 Å². The summed E-state index contributed by atoms with van der Waals surface area (Å²) in [6.45, 7) is 4.56. The molecule has 4 nitrogen and oxygen atoms in total. The van der Waals surface area contributed by atoms with Crippen molar-refractivity contribution in [1.29, 1.82) is 0 Å². The van der Waals surface area contributed by atoms with Gasteiger partial charge in [0.25, 0.3) is 0 Å². The van der Waals surface area contributed by atoms with E-state index in [1.807, 2.05) is 74.1 Å². The number of amides is 1. The Bertz CT molecular complexity index is 943. The average Bonchev–Trinajstić information content (AvgIpc) is 3.18. The van der Waals surface area contributed by atoms with Gasteiger partial charge in [-0.25, -0.2) is 4.68 Å². The third-order valence-corrected chi connectivity index (χ3v) is 5.79. The fraction of sp³-hybridized carbons (Fsp3) is 0.200. The molecule has 0 aliphatic carbocycles. The molecule has 0 saturated heterocycles. The minimum absolute atomic E-state index is 0.0271. The molecule has 0 aliphatic heterocycles. The lowest BCUT2D eigenvalue weighted by Gasteiger charge is -2.15. The summed E-state index contributed by atoms with van der Waals surface area (Å²) >= 11 is 5.03. The lowest BCUT2D eigenvalue weighted by atomic mass is 10.2. The van der Waals surface area contributed by atoms with Crippen LogP contribution in [0.1, 0.15) is 21.8 Å². The van der Waals surface area contributed by atoms with Crippen molar-refractivity contribution in [3.05, 3.63) is 74.2 Å². The molecule has 1 aromatic carbocycles. The summed E-state index contributed by atoms with van der Waals surface area (Å²) in [7, 11) is 1.82. The van der Waals surface area contributed by atoms with Crippen molar-refractivity contribution in [2.45, 2.75) is 20.4 Å². The van der Waals surface area contributed by atoms with Gasteiger partial charge in [0.1, 0.15) is 0 Å². The highest BCUT2D eigenvalue weighted by atomic mass is 79.9. The molecule has 6 heteroatoms. The van der Waals surface area contributed by atoms with E-state index in [1.54, 1.807) is 22.3 Å². The molecule has 2 heterocycles. The first-order valence-electron chi connectivity index (χ1n) is 8.24. The number of para-hydroxylation sites is 1. The smallest absolute Gasteiger partial charge is 0.246 e. The Balaban J connectivity index is 1.75. The molecule has 3 rings (SSSR count). The molecule has 2 aromatic heterocycles. The SMILES string of the molecule is Cc1nn(-c2ccccc2)c(C)c1CN(C)C(=O)/C=C/c1ccc(Br)s1. The van der Waals surface area contributed by atoms with Gasteiger partial charge in [-0.2, -0.15) is 5.10 Å². The molecule has 26 heavy (non-hydrogen) atoms. The third-order valence-electron chi connectivity index (χ3n) is 4.20. The van der Waals surface area contributed by atoms with Gasteiger partial charge in [-0.1, -0.05) is 18.2 Å². The van der Waals surface area contributed by atoms with Gasteiger partial charge in [0.05, 0.1) is 15.2 Å². The topological polar surface area (TPSA) is 38.1 Å². The van der Waals surface area contributed by atoms with Gasteiger partial charge < -0.3 is 4.90 Å². The monoisotopic (exact) mass is 429 g/mol. The zero-order valence-electron chi connectivity index (χ0n) is 14.9. The van der Waals surface area contributed by atoms with Crippen LogP contribution in [0.2, 0.25) is 0 Å². The van der Waals surface area contributed by atoms with E-state index in [1.165, 1.54) is 0 Å². The predicted octanol–water partition coefficient (Wildman–Crippen LogP) is 4.98. The molecule has 3 aromatic rings. The zero-order valence-corrected chi connectivity index (χ0v) is 17.3. The van der Waals surface area contributed by atoms with E-state index in [-0.39, 0.29) is 5.91 Å². The normalized spacial score (nSPS) is 11.2. The van der Waals surface area contributed by atoms with Crippen molar-refractivity contribution in [2.75, 3.05) is 7.05 Å². The van der Waals surface area contributed by atoms with Crippen LogP contribution in [0.3, 0.4) is 0 Å². The van der Waals surface area contributed by atoms with Crippen molar-refractivity contribution < 1.29 is 4.79 Å². The molecule has 0 radical (unpaired) electrons. The highest BCUT2D eigenvalue weighted by molar-refractivity contribution is 9.11. The van der Waals surface area contributed by atoms with Crippen LogP contribution in [0, 0.1) is 13.8 Å². The van der Waals surface area contributed by atoms with Crippen LogP contribution >= 0.6 is 27.3 Å². The second-order valence-electron chi connectivity index (χ2n) is 6.07. The maximum Gasteiger partial charge on any atom is 0.246 e. The predicted molar refractivity (Wildman–Crippen MR) is 111 cm³/mol. The molecule has 0 N–H and O–H groups in total. The number of likely N-dealkylation sites (N-methyl/N-ethyl adjacent to an activating group) is 1. The van der Waals surface area contributed by atoms with Crippen LogP contribution in [0.25, 0.3) is 11.8 Å². The van der Waals surface area contributed by atoms with Gasteiger partial charge in [0, 0.05) is 35.8 Å². The Morgan fingerprint density at radius 1 is 1.23 bits per heavy atom. The number of hydrogen-bond acceptors (Lipinski definition) is 3. The highest BCUT2D eigenvalue weighted by Crippen LogP contribution is 2.23. The van der Waals surface area contributed by atoms with Crippen LogP contribution in [0.5, 0.6) is 0 Å². The fourth-order valence-electron chi connectivity index (χ4n) is 2.74.